The quantitative estimate of drug-likeness (QED) is 0.808. The van der Waals surface area contributed by atoms with Crippen LogP contribution in [0.15, 0.2) is 18.2 Å². The molecule has 0 radical (unpaired) electrons. The molecule has 2 nitrogen and oxygen atoms in total. The zero-order valence-corrected chi connectivity index (χ0v) is 8.75. The molecule has 0 aliphatic heterocycles. The number of benzene rings is 1. The molecule has 14 heavy (non-hydrogen) atoms. The third-order valence-electron chi connectivity index (χ3n) is 1.83. The molecule has 1 aromatic rings. The molecule has 0 heterocycles. The van der Waals surface area contributed by atoms with Gasteiger partial charge in [-0.25, -0.2) is 4.39 Å². The Bertz CT molecular complexity index is 310. The molecule has 0 unspecified atom stereocenters. The van der Waals surface area contributed by atoms with E-state index in [2.05, 4.69) is 0 Å². The zero-order valence-electron chi connectivity index (χ0n) is 8.75. The maximum absolute atomic E-state index is 13.4. The third-order valence-corrected chi connectivity index (χ3v) is 1.83. The van der Waals surface area contributed by atoms with Crippen molar-refractivity contribution in [2.24, 2.45) is 5.73 Å². The average molecular weight is 197 g/mol. The third kappa shape index (κ3) is 2.45. The standard InChI is InChI=1S/C11H16FNO/c1-7(2)14-10-6-4-5-9(12)11(10)8(3)13/h4-8H,13H2,1-3H3/t8-/m1/s1. The lowest BCUT2D eigenvalue weighted by Gasteiger charge is -2.16. The summed E-state index contributed by atoms with van der Waals surface area (Å²) in [5.74, 6) is 0.230. The number of hydrogen-bond acceptors (Lipinski definition) is 2. The Kier molecular flexibility index (Phi) is 3.47. The smallest absolute Gasteiger partial charge is 0.131 e. The topological polar surface area (TPSA) is 35.2 Å². The minimum atomic E-state index is -0.357. The Morgan fingerprint density at radius 2 is 1.93 bits per heavy atom. The van der Waals surface area contributed by atoms with Gasteiger partial charge >= 0.3 is 0 Å². The summed E-state index contributed by atoms with van der Waals surface area (Å²) in [5.41, 5.74) is 6.12. The maximum Gasteiger partial charge on any atom is 0.131 e. The highest BCUT2D eigenvalue weighted by molar-refractivity contribution is 5.36. The van der Waals surface area contributed by atoms with Crippen LogP contribution in [0.2, 0.25) is 0 Å². The second-order valence-corrected chi connectivity index (χ2v) is 3.61. The molecular weight excluding hydrogens is 181 g/mol. The van der Waals surface area contributed by atoms with Crippen LogP contribution in [0.5, 0.6) is 5.75 Å². The number of hydrogen-bond donors (Lipinski definition) is 1. The van der Waals surface area contributed by atoms with Gasteiger partial charge in [-0.1, -0.05) is 6.07 Å². The Labute approximate surface area is 83.9 Å². The summed E-state index contributed by atoms with van der Waals surface area (Å²) in [4.78, 5) is 0. The van der Waals surface area contributed by atoms with Crippen molar-refractivity contribution in [1.29, 1.82) is 0 Å². The van der Waals surface area contributed by atoms with E-state index in [9.17, 15) is 4.39 Å². The number of ether oxygens (including phenoxy) is 1. The van der Waals surface area contributed by atoms with Gasteiger partial charge in [0.2, 0.25) is 0 Å². The summed E-state index contributed by atoms with van der Waals surface area (Å²) in [6.45, 7) is 5.54. The van der Waals surface area contributed by atoms with E-state index in [0.717, 1.165) is 0 Å². The molecule has 0 fully saturated rings. The lowest BCUT2D eigenvalue weighted by atomic mass is 10.1. The van der Waals surface area contributed by atoms with Gasteiger partial charge in [-0.15, -0.1) is 0 Å². The summed E-state index contributed by atoms with van der Waals surface area (Å²) >= 11 is 0. The van der Waals surface area contributed by atoms with Gasteiger partial charge in [-0.2, -0.15) is 0 Å². The second-order valence-electron chi connectivity index (χ2n) is 3.61. The Hall–Kier alpha value is -1.09. The van der Waals surface area contributed by atoms with E-state index in [1.165, 1.54) is 6.07 Å². The highest BCUT2D eigenvalue weighted by Crippen LogP contribution is 2.27. The van der Waals surface area contributed by atoms with Crippen molar-refractivity contribution in [2.45, 2.75) is 32.9 Å². The normalized spacial score (nSPS) is 13.0. The molecular formula is C11H16FNO. The highest BCUT2D eigenvalue weighted by atomic mass is 19.1. The first-order valence-electron chi connectivity index (χ1n) is 4.73. The van der Waals surface area contributed by atoms with Crippen molar-refractivity contribution in [1.82, 2.24) is 0 Å². The van der Waals surface area contributed by atoms with Gasteiger partial charge in [0.05, 0.1) is 6.10 Å². The van der Waals surface area contributed by atoms with Crippen LogP contribution in [0.1, 0.15) is 32.4 Å². The molecule has 2 N–H and O–H groups in total. The van der Waals surface area contributed by atoms with Crippen molar-refractivity contribution >= 4 is 0 Å². The monoisotopic (exact) mass is 197 g/mol. The molecule has 0 aliphatic rings. The predicted octanol–water partition coefficient (Wildman–Crippen LogP) is 2.63. The Morgan fingerprint density at radius 3 is 2.43 bits per heavy atom. The van der Waals surface area contributed by atoms with Crippen LogP contribution in [0.4, 0.5) is 4.39 Å². The molecule has 1 aromatic carbocycles. The summed E-state index contributed by atoms with van der Waals surface area (Å²) in [6, 6.07) is 4.40. The minimum absolute atomic E-state index is 0.0225. The minimum Gasteiger partial charge on any atom is -0.491 e. The van der Waals surface area contributed by atoms with Gasteiger partial charge < -0.3 is 10.5 Å². The van der Waals surface area contributed by atoms with Gasteiger partial charge in [0.25, 0.3) is 0 Å². The number of halogens is 1. The molecule has 0 bridgehead atoms. The van der Waals surface area contributed by atoms with E-state index >= 15 is 0 Å². The van der Waals surface area contributed by atoms with Gasteiger partial charge in [0.15, 0.2) is 0 Å². The SMILES string of the molecule is CC(C)Oc1cccc(F)c1[C@@H](C)N. The van der Waals surface area contributed by atoms with Crippen molar-refractivity contribution in [2.75, 3.05) is 0 Å². The van der Waals surface area contributed by atoms with Crippen LogP contribution in [0.25, 0.3) is 0 Å². The lowest BCUT2D eigenvalue weighted by molar-refractivity contribution is 0.237. The summed E-state index contributed by atoms with van der Waals surface area (Å²) < 4.78 is 18.9. The second kappa shape index (κ2) is 4.42. The van der Waals surface area contributed by atoms with Crippen molar-refractivity contribution < 1.29 is 9.13 Å². The summed E-state index contributed by atoms with van der Waals surface area (Å²) in [5, 5.41) is 0. The fourth-order valence-electron chi connectivity index (χ4n) is 1.32. The van der Waals surface area contributed by atoms with E-state index in [1.54, 1.807) is 19.1 Å². The van der Waals surface area contributed by atoms with Gasteiger partial charge in [-0.05, 0) is 32.9 Å². The molecule has 1 rings (SSSR count). The molecule has 3 heteroatoms. The van der Waals surface area contributed by atoms with E-state index in [4.69, 9.17) is 10.5 Å². The van der Waals surface area contributed by atoms with Crippen LogP contribution in [-0.4, -0.2) is 6.10 Å². The summed E-state index contributed by atoms with van der Waals surface area (Å²) in [6.07, 6.45) is 0.0225. The number of rotatable bonds is 3. The van der Waals surface area contributed by atoms with Gasteiger partial charge in [0.1, 0.15) is 11.6 Å². The molecule has 0 saturated heterocycles. The fourth-order valence-corrected chi connectivity index (χ4v) is 1.32. The zero-order chi connectivity index (χ0) is 10.7. The molecule has 0 spiro atoms. The molecule has 0 aromatic heterocycles. The van der Waals surface area contributed by atoms with Gasteiger partial charge in [0, 0.05) is 11.6 Å². The lowest BCUT2D eigenvalue weighted by Crippen LogP contribution is -2.13. The van der Waals surface area contributed by atoms with Crippen LogP contribution in [0.3, 0.4) is 0 Å². The van der Waals surface area contributed by atoms with E-state index in [1.807, 2.05) is 13.8 Å². The van der Waals surface area contributed by atoms with Crippen LogP contribution < -0.4 is 10.5 Å². The van der Waals surface area contributed by atoms with Crippen molar-refractivity contribution in [3.8, 4) is 5.75 Å². The highest BCUT2D eigenvalue weighted by Gasteiger charge is 2.14. The molecule has 0 saturated carbocycles. The molecule has 1 atom stereocenters. The van der Waals surface area contributed by atoms with Crippen LogP contribution in [0, 0.1) is 5.82 Å². The van der Waals surface area contributed by atoms with Crippen LogP contribution in [-0.2, 0) is 0 Å². The Morgan fingerprint density at radius 1 is 1.29 bits per heavy atom. The first-order chi connectivity index (χ1) is 6.52. The Balaban J connectivity index is 3.08. The van der Waals surface area contributed by atoms with Crippen molar-refractivity contribution in [3.63, 3.8) is 0 Å². The largest absolute Gasteiger partial charge is 0.491 e. The fraction of sp³-hybridized carbons (Fsp3) is 0.455. The van der Waals surface area contributed by atoms with Crippen molar-refractivity contribution in [3.05, 3.63) is 29.6 Å². The molecule has 0 aliphatic carbocycles. The first kappa shape index (κ1) is 11.0. The van der Waals surface area contributed by atoms with Crippen LogP contribution >= 0.6 is 0 Å². The van der Waals surface area contributed by atoms with Gasteiger partial charge in [-0.3, -0.25) is 0 Å². The van der Waals surface area contributed by atoms with E-state index < -0.39 is 0 Å². The molecule has 0 amide bonds. The molecule has 78 valence electrons. The average Bonchev–Trinajstić information content (AvgIpc) is 2.01. The maximum atomic E-state index is 13.4. The summed E-state index contributed by atoms with van der Waals surface area (Å²) in [7, 11) is 0. The predicted molar refractivity (Wildman–Crippen MR) is 54.8 cm³/mol. The number of nitrogens with two attached hydrogens (primary N) is 1. The first-order valence-corrected chi connectivity index (χ1v) is 4.73. The van der Waals surface area contributed by atoms with E-state index in [-0.39, 0.29) is 18.0 Å². The van der Waals surface area contributed by atoms with E-state index in [0.29, 0.717) is 11.3 Å².